The first-order chi connectivity index (χ1) is 7.72. The van der Waals surface area contributed by atoms with E-state index >= 15 is 0 Å². The topological polar surface area (TPSA) is 35.0 Å². The number of aromatic nitrogens is 2. The summed E-state index contributed by atoms with van der Waals surface area (Å²) in [7, 11) is 0. The van der Waals surface area contributed by atoms with Crippen LogP contribution in [0.2, 0.25) is 5.15 Å². The maximum Gasteiger partial charge on any atom is 0.159 e. The van der Waals surface area contributed by atoms with Gasteiger partial charge in [-0.25, -0.2) is 9.97 Å². The molecule has 0 N–H and O–H groups in total. The third kappa shape index (κ3) is 2.06. The van der Waals surface area contributed by atoms with Gasteiger partial charge in [-0.15, -0.1) is 0 Å². The molecule has 1 saturated heterocycles. The van der Waals surface area contributed by atoms with Gasteiger partial charge >= 0.3 is 0 Å². The lowest BCUT2D eigenvalue weighted by atomic mass is 10.2. The van der Waals surface area contributed by atoms with E-state index in [1.54, 1.807) is 0 Å². The van der Waals surface area contributed by atoms with Crippen molar-refractivity contribution in [2.24, 2.45) is 0 Å². The molecule has 1 aromatic rings. The first-order valence-corrected chi connectivity index (χ1v) is 6.30. The predicted molar refractivity (Wildman–Crippen MR) is 61.5 cm³/mol. The van der Waals surface area contributed by atoms with Crippen molar-refractivity contribution in [3.63, 3.8) is 0 Å². The molecule has 4 heteroatoms. The van der Waals surface area contributed by atoms with Crippen molar-refractivity contribution in [3.05, 3.63) is 22.7 Å². The van der Waals surface area contributed by atoms with Gasteiger partial charge in [-0.1, -0.05) is 11.6 Å². The Morgan fingerprint density at radius 1 is 1.25 bits per heavy atom. The molecular formula is C12H15ClN2O. The second kappa shape index (κ2) is 3.97. The smallest absolute Gasteiger partial charge is 0.159 e. The zero-order valence-corrected chi connectivity index (χ0v) is 10.1. The molecule has 3 rings (SSSR count). The van der Waals surface area contributed by atoms with Crippen LogP contribution in [0.3, 0.4) is 0 Å². The molecule has 1 aliphatic carbocycles. The molecule has 2 aliphatic rings. The standard InChI is InChI=1S/C12H15ClN2O/c1-7-2-5-10(16-7)12-14-9(8-3-4-8)6-11(13)15-12/h6-8,10H,2-5H2,1H3. The Labute approximate surface area is 100 Å². The quantitative estimate of drug-likeness (QED) is 0.742. The van der Waals surface area contributed by atoms with Crippen molar-refractivity contribution in [2.75, 3.05) is 0 Å². The van der Waals surface area contributed by atoms with Gasteiger partial charge in [-0.3, -0.25) is 0 Å². The highest BCUT2D eigenvalue weighted by Crippen LogP contribution is 2.40. The number of hydrogen-bond acceptors (Lipinski definition) is 3. The Bertz CT molecular complexity index is 406. The van der Waals surface area contributed by atoms with Crippen molar-refractivity contribution in [2.45, 2.75) is 50.7 Å². The van der Waals surface area contributed by atoms with Crippen molar-refractivity contribution >= 4 is 11.6 Å². The predicted octanol–water partition coefficient (Wildman–Crippen LogP) is 3.25. The van der Waals surface area contributed by atoms with Gasteiger partial charge in [0.1, 0.15) is 11.3 Å². The average Bonchev–Trinajstić information content (AvgIpc) is 3.01. The summed E-state index contributed by atoms with van der Waals surface area (Å²) >= 11 is 6.03. The van der Waals surface area contributed by atoms with Crippen molar-refractivity contribution in [3.8, 4) is 0 Å². The van der Waals surface area contributed by atoms with E-state index in [0.29, 0.717) is 17.2 Å². The van der Waals surface area contributed by atoms with Crippen molar-refractivity contribution in [1.82, 2.24) is 9.97 Å². The van der Waals surface area contributed by atoms with E-state index in [1.807, 2.05) is 6.07 Å². The molecule has 0 aromatic carbocycles. The molecular weight excluding hydrogens is 224 g/mol. The number of hydrogen-bond donors (Lipinski definition) is 0. The van der Waals surface area contributed by atoms with Crippen LogP contribution in [0.15, 0.2) is 6.07 Å². The highest BCUT2D eigenvalue weighted by atomic mass is 35.5. The zero-order valence-electron chi connectivity index (χ0n) is 9.32. The second-order valence-electron chi connectivity index (χ2n) is 4.76. The Morgan fingerprint density at radius 3 is 2.69 bits per heavy atom. The van der Waals surface area contributed by atoms with Gasteiger partial charge < -0.3 is 4.74 Å². The van der Waals surface area contributed by atoms with Crippen LogP contribution in [0.25, 0.3) is 0 Å². The first kappa shape index (κ1) is 10.5. The fourth-order valence-corrected chi connectivity index (χ4v) is 2.38. The summed E-state index contributed by atoms with van der Waals surface area (Å²) in [6, 6.07) is 1.89. The fraction of sp³-hybridized carbons (Fsp3) is 0.667. The van der Waals surface area contributed by atoms with Crippen LogP contribution in [0.5, 0.6) is 0 Å². The molecule has 3 nitrogen and oxygen atoms in total. The van der Waals surface area contributed by atoms with E-state index in [4.69, 9.17) is 16.3 Å². The minimum atomic E-state index is 0.0474. The maximum atomic E-state index is 6.03. The molecule has 0 amide bonds. The Kier molecular flexibility index (Phi) is 2.60. The highest BCUT2D eigenvalue weighted by Gasteiger charge is 2.30. The molecule has 0 bridgehead atoms. The third-order valence-corrected chi connectivity index (χ3v) is 3.44. The van der Waals surface area contributed by atoms with Gasteiger partial charge in [-0.05, 0) is 38.7 Å². The van der Waals surface area contributed by atoms with Gasteiger partial charge in [0.05, 0.1) is 6.10 Å². The average molecular weight is 239 g/mol. The zero-order chi connectivity index (χ0) is 11.1. The lowest BCUT2D eigenvalue weighted by Gasteiger charge is -2.11. The Hall–Kier alpha value is -0.670. The number of nitrogens with zero attached hydrogens (tertiary/aromatic N) is 2. The summed E-state index contributed by atoms with van der Waals surface area (Å²) in [5, 5.41) is 0.551. The molecule has 1 aromatic heterocycles. The lowest BCUT2D eigenvalue weighted by molar-refractivity contribution is 0.0501. The minimum Gasteiger partial charge on any atom is -0.367 e. The SMILES string of the molecule is CC1CCC(c2nc(Cl)cc(C3CC3)n2)O1. The summed E-state index contributed by atoms with van der Waals surface area (Å²) in [5.74, 6) is 1.39. The van der Waals surface area contributed by atoms with Crippen molar-refractivity contribution < 1.29 is 4.74 Å². The van der Waals surface area contributed by atoms with E-state index in [9.17, 15) is 0 Å². The Balaban J connectivity index is 1.88. The molecule has 86 valence electrons. The van der Waals surface area contributed by atoms with Crippen LogP contribution in [0.1, 0.15) is 56.1 Å². The molecule has 2 fully saturated rings. The Morgan fingerprint density at radius 2 is 2.06 bits per heavy atom. The molecule has 2 unspecified atom stereocenters. The maximum absolute atomic E-state index is 6.03. The third-order valence-electron chi connectivity index (χ3n) is 3.25. The van der Waals surface area contributed by atoms with Crippen LogP contribution in [0.4, 0.5) is 0 Å². The van der Waals surface area contributed by atoms with E-state index in [2.05, 4.69) is 16.9 Å². The van der Waals surface area contributed by atoms with Crippen molar-refractivity contribution in [1.29, 1.82) is 0 Å². The fourth-order valence-electron chi connectivity index (χ4n) is 2.18. The largest absolute Gasteiger partial charge is 0.367 e. The summed E-state index contributed by atoms with van der Waals surface area (Å²) in [4.78, 5) is 8.88. The van der Waals surface area contributed by atoms with Crippen LogP contribution >= 0.6 is 11.6 Å². The van der Waals surface area contributed by atoms with E-state index < -0.39 is 0 Å². The minimum absolute atomic E-state index is 0.0474. The summed E-state index contributed by atoms with van der Waals surface area (Å²) in [6.07, 6.45) is 4.91. The summed E-state index contributed by atoms with van der Waals surface area (Å²) in [5.41, 5.74) is 1.10. The number of rotatable bonds is 2. The van der Waals surface area contributed by atoms with E-state index in [0.717, 1.165) is 24.4 Å². The lowest BCUT2D eigenvalue weighted by Crippen LogP contribution is -2.07. The van der Waals surface area contributed by atoms with Crippen LogP contribution in [0, 0.1) is 0 Å². The van der Waals surface area contributed by atoms with E-state index in [-0.39, 0.29) is 6.10 Å². The van der Waals surface area contributed by atoms with Gasteiger partial charge in [0.25, 0.3) is 0 Å². The number of ether oxygens (including phenoxy) is 1. The van der Waals surface area contributed by atoms with E-state index in [1.165, 1.54) is 12.8 Å². The van der Waals surface area contributed by atoms with Gasteiger partial charge in [-0.2, -0.15) is 0 Å². The molecule has 2 heterocycles. The molecule has 1 saturated carbocycles. The van der Waals surface area contributed by atoms with Crippen LogP contribution in [-0.4, -0.2) is 16.1 Å². The molecule has 16 heavy (non-hydrogen) atoms. The molecule has 1 aliphatic heterocycles. The normalized spacial score (nSPS) is 29.6. The summed E-state index contributed by atoms with van der Waals surface area (Å²) in [6.45, 7) is 2.09. The molecule has 0 spiro atoms. The second-order valence-corrected chi connectivity index (χ2v) is 5.15. The van der Waals surface area contributed by atoms with Gasteiger partial charge in [0, 0.05) is 11.6 Å². The van der Waals surface area contributed by atoms with Crippen LogP contribution < -0.4 is 0 Å². The number of halogens is 1. The molecule has 2 atom stereocenters. The van der Waals surface area contributed by atoms with Gasteiger partial charge in [0.15, 0.2) is 5.82 Å². The highest BCUT2D eigenvalue weighted by molar-refractivity contribution is 6.29. The molecule has 0 radical (unpaired) electrons. The monoisotopic (exact) mass is 238 g/mol. The first-order valence-electron chi connectivity index (χ1n) is 5.92. The van der Waals surface area contributed by atoms with Gasteiger partial charge in [0.2, 0.25) is 0 Å². The summed E-state index contributed by atoms with van der Waals surface area (Å²) < 4.78 is 5.77. The van der Waals surface area contributed by atoms with Crippen LogP contribution in [-0.2, 0) is 4.74 Å².